The van der Waals surface area contributed by atoms with E-state index in [2.05, 4.69) is 20.5 Å². The van der Waals surface area contributed by atoms with Crippen molar-refractivity contribution in [1.82, 2.24) is 15.2 Å². The molecule has 0 aliphatic rings. The van der Waals surface area contributed by atoms with E-state index in [0.717, 1.165) is 0 Å². The maximum absolute atomic E-state index is 13.8. The zero-order valence-corrected chi connectivity index (χ0v) is 9.42. The highest BCUT2D eigenvalue weighted by molar-refractivity contribution is 6.33. The predicted molar refractivity (Wildman–Crippen MR) is 63.9 cm³/mol. The van der Waals surface area contributed by atoms with Gasteiger partial charge in [-0.05, 0) is 6.07 Å². The Morgan fingerprint density at radius 1 is 1.41 bits per heavy atom. The molecular weight excluding hydrogens is 247 g/mol. The van der Waals surface area contributed by atoms with Gasteiger partial charge in [-0.15, -0.1) is 0 Å². The predicted octanol–water partition coefficient (Wildman–Crippen LogP) is 1.37. The first-order valence-electron chi connectivity index (χ1n) is 4.70. The molecule has 0 amide bonds. The summed E-state index contributed by atoms with van der Waals surface area (Å²) < 4.78 is 13.8. The van der Waals surface area contributed by atoms with Gasteiger partial charge < -0.3 is 16.8 Å². The van der Waals surface area contributed by atoms with Crippen molar-refractivity contribution in [3.05, 3.63) is 29.1 Å². The highest BCUT2D eigenvalue weighted by Crippen LogP contribution is 2.33. The molecular formula is C9H10ClFN6. The van der Waals surface area contributed by atoms with E-state index < -0.39 is 5.82 Å². The minimum atomic E-state index is -0.677. The molecule has 0 unspecified atom stereocenters. The van der Waals surface area contributed by atoms with E-state index in [-0.39, 0.29) is 28.6 Å². The molecule has 0 radical (unpaired) electrons. The fraction of sp³-hybridized carbons (Fsp3) is 0.111. The molecule has 17 heavy (non-hydrogen) atoms. The quantitative estimate of drug-likeness (QED) is 0.621. The van der Waals surface area contributed by atoms with Gasteiger partial charge in [0.15, 0.2) is 5.82 Å². The molecule has 1 aromatic heterocycles. The molecule has 1 heterocycles. The third-order valence-electron chi connectivity index (χ3n) is 2.16. The second-order valence-corrected chi connectivity index (χ2v) is 3.72. The lowest BCUT2D eigenvalue weighted by atomic mass is 10.2. The molecule has 0 atom stereocenters. The standard InChI is InChI=1S/C9H10ClFN6/c10-7-4(12)1-5(13)9(8(7)11)14-2-6-15-3-16-17-6/h1,3,14H,2,12-13H2,(H,15,16,17). The van der Waals surface area contributed by atoms with Crippen molar-refractivity contribution >= 4 is 28.7 Å². The number of H-pyrrole nitrogens is 1. The first kappa shape index (κ1) is 11.5. The van der Waals surface area contributed by atoms with Crippen LogP contribution in [0.3, 0.4) is 0 Å². The molecule has 2 rings (SSSR count). The number of halogens is 2. The summed E-state index contributed by atoms with van der Waals surface area (Å²) in [5.41, 5.74) is 11.5. The Kier molecular flexibility index (Phi) is 3.01. The molecule has 0 spiro atoms. The summed E-state index contributed by atoms with van der Waals surface area (Å²) in [6.45, 7) is 0.251. The normalized spacial score (nSPS) is 10.5. The molecule has 6 nitrogen and oxygen atoms in total. The lowest BCUT2D eigenvalue weighted by Crippen LogP contribution is -2.07. The zero-order chi connectivity index (χ0) is 12.4. The number of nitrogens with zero attached hydrogens (tertiary/aromatic N) is 2. The first-order valence-corrected chi connectivity index (χ1v) is 5.08. The molecule has 0 fully saturated rings. The third-order valence-corrected chi connectivity index (χ3v) is 2.55. The molecule has 6 N–H and O–H groups in total. The Balaban J connectivity index is 2.24. The van der Waals surface area contributed by atoms with E-state index >= 15 is 0 Å². The average molecular weight is 257 g/mol. The fourth-order valence-electron chi connectivity index (χ4n) is 1.33. The topological polar surface area (TPSA) is 106 Å². The molecule has 1 aromatic carbocycles. The Labute approximate surface area is 101 Å². The van der Waals surface area contributed by atoms with E-state index in [1.54, 1.807) is 0 Å². The van der Waals surface area contributed by atoms with Crippen molar-refractivity contribution in [3.63, 3.8) is 0 Å². The largest absolute Gasteiger partial charge is 0.397 e. The van der Waals surface area contributed by atoms with Gasteiger partial charge in [-0.1, -0.05) is 11.6 Å². The Morgan fingerprint density at radius 2 is 2.18 bits per heavy atom. The minimum absolute atomic E-state index is 0.0978. The van der Waals surface area contributed by atoms with E-state index in [1.807, 2.05) is 0 Å². The smallest absolute Gasteiger partial charge is 0.169 e. The summed E-state index contributed by atoms with van der Waals surface area (Å²) in [6, 6.07) is 1.40. The number of anilines is 3. The second-order valence-electron chi connectivity index (χ2n) is 3.34. The van der Waals surface area contributed by atoms with Gasteiger partial charge in [0.25, 0.3) is 0 Å². The summed E-state index contributed by atoms with van der Waals surface area (Å²) in [5, 5.41) is 8.92. The highest BCUT2D eigenvalue weighted by Gasteiger charge is 2.14. The summed E-state index contributed by atoms with van der Waals surface area (Å²) >= 11 is 5.68. The lowest BCUT2D eigenvalue weighted by Gasteiger charge is -2.11. The Hall–Kier alpha value is -2.02. The number of hydrogen-bond donors (Lipinski definition) is 4. The summed E-state index contributed by atoms with van der Waals surface area (Å²) in [6.07, 6.45) is 1.35. The van der Waals surface area contributed by atoms with Crippen LogP contribution >= 0.6 is 11.6 Å². The van der Waals surface area contributed by atoms with Crippen molar-refractivity contribution in [2.24, 2.45) is 0 Å². The number of nitrogens with one attached hydrogen (secondary N) is 2. The van der Waals surface area contributed by atoms with Crippen LogP contribution in [0.5, 0.6) is 0 Å². The fourth-order valence-corrected chi connectivity index (χ4v) is 1.48. The molecule has 0 aliphatic carbocycles. The minimum Gasteiger partial charge on any atom is -0.397 e. The van der Waals surface area contributed by atoms with Crippen molar-refractivity contribution in [3.8, 4) is 0 Å². The molecule has 0 bridgehead atoms. The summed E-state index contributed by atoms with van der Waals surface area (Å²) in [4.78, 5) is 3.88. The van der Waals surface area contributed by atoms with E-state index in [4.69, 9.17) is 23.1 Å². The highest BCUT2D eigenvalue weighted by atomic mass is 35.5. The van der Waals surface area contributed by atoms with Gasteiger partial charge in [0.05, 0.1) is 23.6 Å². The summed E-state index contributed by atoms with van der Waals surface area (Å²) in [7, 11) is 0. The number of aromatic nitrogens is 3. The van der Waals surface area contributed by atoms with Crippen LogP contribution in [0.4, 0.5) is 21.5 Å². The van der Waals surface area contributed by atoms with Crippen LogP contribution in [0.15, 0.2) is 12.4 Å². The average Bonchev–Trinajstić information content (AvgIpc) is 2.79. The molecule has 0 saturated heterocycles. The van der Waals surface area contributed by atoms with Crippen LogP contribution in [0.1, 0.15) is 5.82 Å². The number of nitrogen functional groups attached to an aromatic ring is 2. The van der Waals surface area contributed by atoms with Crippen LogP contribution in [0.2, 0.25) is 5.02 Å². The van der Waals surface area contributed by atoms with Crippen LogP contribution in [-0.4, -0.2) is 15.2 Å². The van der Waals surface area contributed by atoms with Gasteiger partial charge in [0, 0.05) is 0 Å². The van der Waals surface area contributed by atoms with E-state index in [0.29, 0.717) is 5.82 Å². The lowest BCUT2D eigenvalue weighted by molar-refractivity contribution is 0.631. The molecule has 0 saturated carbocycles. The molecule has 2 aromatic rings. The van der Waals surface area contributed by atoms with Crippen molar-refractivity contribution < 1.29 is 4.39 Å². The number of nitrogens with two attached hydrogens (primary N) is 2. The van der Waals surface area contributed by atoms with Gasteiger partial charge >= 0.3 is 0 Å². The third kappa shape index (κ3) is 2.23. The van der Waals surface area contributed by atoms with Gasteiger partial charge in [-0.25, -0.2) is 9.37 Å². The van der Waals surface area contributed by atoms with Crippen molar-refractivity contribution in [2.45, 2.75) is 6.54 Å². The first-order chi connectivity index (χ1) is 8.09. The zero-order valence-electron chi connectivity index (χ0n) is 8.67. The molecule has 0 aliphatic heterocycles. The van der Waals surface area contributed by atoms with Crippen LogP contribution in [0, 0.1) is 5.82 Å². The van der Waals surface area contributed by atoms with Crippen molar-refractivity contribution in [1.29, 1.82) is 0 Å². The SMILES string of the molecule is Nc1cc(N)c(NCc2ncn[nH]2)c(F)c1Cl. The Bertz CT molecular complexity index is 527. The monoisotopic (exact) mass is 256 g/mol. The van der Waals surface area contributed by atoms with Crippen molar-refractivity contribution in [2.75, 3.05) is 16.8 Å². The van der Waals surface area contributed by atoms with E-state index in [9.17, 15) is 4.39 Å². The number of rotatable bonds is 3. The second kappa shape index (κ2) is 4.46. The summed E-state index contributed by atoms with van der Waals surface area (Å²) in [5.74, 6) is -0.125. The Morgan fingerprint density at radius 3 is 2.82 bits per heavy atom. The van der Waals surface area contributed by atoms with Gasteiger partial charge in [0.2, 0.25) is 0 Å². The molecule has 90 valence electrons. The number of hydrogen-bond acceptors (Lipinski definition) is 5. The van der Waals surface area contributed by atoms with Gasteiger partial charge in [0.1, 0.15) is 17.2 Å². The van der Waals surface area contributed by atoms with Crippen LogP contribution in [0.25, 0.3) is 0 Å². The number of aromatic amines is 1. The number of benzene rings is 1. The van der Waals surface area contributed by atoms with Gasteiger partial charge in [-0.3, -0.25) is 5.10 Å². The maximum Gasteiger partial charge on any atom is 0.169 e. The van der Waals surface area contributed by atoms with Gasteiger partial charge in [-0.2, -0.15) is 5.10 Å². The van der Waals surface area contributed by atoms with E-state index in [1.165, 1.54) is 12.4 Å². The maximum atomic E-state index is 13.8. The molecule has 8 heteroatoms. The van der Waals surface area contributed by atoms with Crippen LogP contribution < -0.4 is 16.8 Å². The van der Waals surface area contributed by atoms with Crippen LogP contribution in [-0.2, 0) is 6.54 Å².